The minimum absolute atomic E-state index is 0.348. The molecule has 6 heteroatoms. The van der Waals surface area contributed by atoms with Crippen LogP contribution in [0.15, 0.2) is 24.7 Å². The van der Waals surface area contributed by atoms with Crippen LogP contribution in [0, 0.1) is 0 Å². The molecule has 0 spiro atoms. The van der Waals surface area contributed by atoms with Crippen LogP contribution < -0.4 is 5.32 Å². The second-order valence-corrected chi connectivity index (χ2v) is 3.89. The van der Waals surface area contributed by atoms with Gasteiger partial charge in [-0.2, -0.15) is 0 Å². The van der Waals surface area contributed by atoms with Crippen LogP contribution in [0.1, 0.15) is 21.9 Å². The fraction of sp³-hybridized carbons (Fsp3) is 0.333. The first kappa shape index (κ1) is 12.4. The summed E-state index contributed by atoms with van der Waals surface area (Å²) in [5.74, 6) is -0.348. The highest BCUT2D eigenvalue weighted by Gasteiger charge is 2.07. The number of nitrogens with one attached hydrogen (secondary N) is 3. The maximum Gasteiger partial charge on any atom is 0.354 e. The van der Waals surface area contributed by atoms with Crippen molar-refractivity contribution in [2.24, 2.45) is 0 Å². The Hall–Kier alpha value is -2.08. The minimum atomic E-state index is -0.348. The third kappa shape index (κ3) is 3.21. The van der Waals surface area contributed by atoms with E-state index in [0.717, 1.165) is 24.4 Å². The molecule has 2 rings (SSSR count). The maximum atomic E-state index is 11.2. The minimum Gasteiger partial charge on any atom is -0.464 e. The number of aromatic amines is 2. The van der Waals surface area contributed by atoms with Crippen molar-refractivity contribution in [3.8, 4) is 0 Å². The van der Waals surface area contributed by atoms with Crippen molar-refractivity contribution in [2.45, 2.75) is 13.0 Å². The molecule has 0 unspecified atom stereocenters. The van der Waals surface area contributed by atoms with E-state index < -0.39 is 0 Å². The van der Waals surface area contributed by atoms with Gasteiger partial charge in [0.25, 0.3) is 0 Å². The van der Waals surface area contributed by atoms with Crippen LogP contribution in [-0.2, 0) is 17.7 Å². The molecule has 0 saturated carbocycles. The first-order chi connectivity index (χ1) is 8.79. The van der Waals surface area contributed by atoms with Crippen LogP contribution in [0.5, 0.6) is 0 Å². The van der Waals surface area contributed by atoms with Crippen molar-refractivity contribution in [1.29, 1.82) is 0 Å². The number of nitrogens with zero attached hydrogens (tertiary/aromatic N) is 1. The number of carbonyl (C=O) groups is 1. The van der Waals surface area contributed by atoms with Gasteiger partial charge in [-0.1, -0.05) is 0 Å². The number of rotatable bonds is 6. The highest BCUT2D eigenvalue weighted by Crippen LogP contribution is 2.03. The van der Waals surface area contributed by atoms with Crippen molar-refractivity contribution in [3.63, 3.8) is 0 Å². The van der Waals surface area contributed by atoms with E-state index in [1.54, 1.807) is 12.4 Å². The van der Waals surface area contributed by atoms with Crippen molar-refractivity contribution in [3.05, 3.63) is 41.7 Å². The summed E-state index contributed by atoms with van der Waals surface area (Å²) in [5.41, 5.74) is 2.53. The van der Waals surface area contributed by atoms with E-state index in [0.29, 0.717) is 12.2 Å². The second-order valence-electron chi connectivity index (χ2n) is 3.89. The Bertz CT molecular complexity index is 490. The number of ether oxygens (including phenoxy) is 1. The molecule has 2 aromatic rings. The van der Waals surface area contributed by atoms with Gasteiger partial charge in [0.1, 0.15) is 5.69 Å². The Morgan fingerprint density at radius 1 is 1.44 bits per heavy atom. The molecule has 2 aromatic heterocycles. The Kier molecular flexibility index (Phi) is 4.14. The topological polar surface area (TPSA) is 82.8 Å². The van der Waals surface area contributed by atoms with Gasteiger partial charge in [-0.15, -0.1) is 0 Å². The zero-order valence-corrected chi connectivity index (χ0v) is 10.2. The molecule has 6 nitrogen and oxygen atoms in total. The summed E-state index contributed by atoms with van der Waals surface area (Å²) in [5, 5.41) is 3.28. The molecule has 0 radical (unpaired) electrons. The van der Waals surface area contributed by atoms with Crippen LogP contribution in [-0.4, -0.2) is 34.6 Å². The summed E-state index contributed by atoms with van der Waals surface area (Å²) >= 11 is 0. The van der Waals surface area contributed by atoms with Gasteiger partial charge < -0.3 is 20.0 Å². The third-order valence-electron chi connectivity index (χ3n) is 2.59. The summed E-state index contributed by atoms with van der Waals surface area (Å²) in [6.07, 6.45) is 4.37. The van der Waals surface area contributed by atoms with Crippen LogP contribution in [0.25, 0.3) is 0 Å². The Labute approximate surface area is 105 Å². The summed E-state index contributed by atoms with van der Waals surface area (Å²) < 4.78 is 4.62. The average Bonchev–Trinajstić information content (AvgIpc) is 3.05. The SMILES string of the molecule is COC(=O)c1ccc(CNCCc2cnc[nH]2)[nH]1. The number of carbonyl (C=O) groups excluding carboxylic acids is 1. The smallest absolute Gasteiger partial charge is 0.354 e. The lowest BCUT2D eigenvalue weighted by Crippen LogP contribution is -2.17. The van der Waals surface area contributed by atoms with E-state index in [9.17, 15) is 4.79 Å². The number of hydrogen-bond donors (Lipinski definition) is 3. The molecular weight excluding hydrogens is 232 g/mol. The summed E-state index contributed by atoms with van der Waals surface area (Å²) in [6.45, 7) is 1.53. The van der Waals surface area contributed by atoms with Crippen LogP contribution >= 0.6 is 0 Å². The Morgan fingerprint density at radius 2 is 2.33 bits per heavy atom. The van der Waals surface area contributed by atoms with E-state index in [1.807, 2.05) is 12.3 Å². The first-order valence-electron chi connectivity index (χ1n) is 5.74. The van der Waals surface area contributed by atoms with E-state index in [2.05, 4.69) is 25.0 Å². The van der Waals surface area contributed by atoms with Crippen molar-refractivity contribution >= 4 is 5.97 Å². The summed E-state index contributed by atoms with van der Waals surface area (Å²) in [4.78, 5) is 21.2. The molecule has 0 aliphatic rings. The molecular formula is C12H16N4O2. The maximum absolute atomic E-state index is 11.2. The van der Waals surface area contributed by atoms with Crippen molar-refractivity contribution < 1.29 is 9.53 Å². The van der Waals surface area contributed by atoms with Gasteiger partial charge >= 0.3 is 5.97 Å². The highest BCUT2D eigenvalue weighted by atomic mass is 16.5. The van der Waals surface area contributed by atoms with E-state index in [1.165, 1.54) is 7.11 Å². The largest absolute Gasteiger partial charge is 0.464 e. The first-order valence-corrected chi connectivity index (χ1v) is 5.74. The lowest BCUT2D eigenvalue weighted by molar-refractivity contribution is 0.0594. The molecule has 0 atom stereocenters. The van der Waals surface area contributed by atoms with Gasteiger partial charge in [-0.05, 0) is 12.1 Å². The molecule has 0 aliphatic heterocycles. The second kappa shape index (κ2) is 6.02. The quantitative estimate of drug-likeness (QED) is 0.523. The fourth-order valence-corrected chi connectivity index (χ4v) is 1.64. The van der Waals surface area contributed by atoms with Gasteiger partial charge in [-0.3, -0.25) is 0 Å². The van der Waals surface area contributed by atoms with E-state index in [4.69, 9.17) is 0 Å². The van der Waals surface area contributed by atoms with Crippen molar-refractivity contribution in [2.75, 3.05) is 13.7 Å². The Balaban J connectivity index is 1.73. The predicted octanol–water partition coefficient (Wildman–Crippen LogP) is 0.857. The summed E-state index contributed by atoms with van der Waals surface area (Å²) in [7, 11) is 1.37. The average molecular weight is 248 g/mol. The number of imidazole rings is 1. The monoisotopic (exact) mass is 248 g/mol. The van der Waals surface area contributed by atoms with Gasteiger partial charge in [0.05, 0.1) is 13.4 Å². The lowest BCUT2D eigenvalue weighted by Gasteiger charge is -2.02. The number of hydrogen-bond acceptors (Lipinski definition) is 4. The fourth-order valence-electron chi connectivity index (χ4n) is 1.64. The van der Waals surface area contributed by atoms with Crippen LogP contribution in [0.3, 0.4) is 0 Å². The molecule has 18 heavy (non-hydrogen) atoms. The van der Waals surface area contributed by atoms with Gasteiger partial charge in [0.15, 0.2) is 0 Å². The van der Waals surface area contributed by atoms with Crippen LogP contribution in [0.4, 0.5) is 0 Å². The molecule has 0 aromatic carbocycles. The molecule has 3 N–H and O–H groups in total. The van der Waals surface area contributed by atoms with Gasteiger partial charge in [0, 0.05) is 37.1 Å². The number of methoxy groups -OCH3 is 1. The number of H-pyrrole nitrogens is 2. The van der Waals surface area contributed by atoms with Gasteiger partial charge in [0.2, 0.25) is 0 Å². The van der Waals surface area contributed by atoms with E-state index in [-0.39, 0.29) is 5.97 Å². The Morgan fingerprint density at radius 3 is 3.06 bits per heavy atom. The van der Waals surface area contributed by atoms with Crippen molar-refractivity contribution in [1.82, 2.24) is 20.3 Å². The third-order valence-corrected chi connectivity index (χ3v) is 2.59. The molecule has 2 heterocycles. The van der Waals surface area contributed by atoms with Crippen LogP contribution in [0.2, 0.25) is 0 Å². The molecule has 0 fully saturated rings. The standard InChI is InChI=1S/C12H16N4O2/c1-18-12(17)11-3-2-10(16-11)7-13-5-4-9-6-14-8-15-9/h2-3,6,8,13,16H,4-5,7H2,1H3,(H,14,15). The van der Waals surface area contributed by atoms with E-state index >= 15 is 0 Å². The molecule has 0 saturated heterocycles. The lowest BCUT2D eigenvalue weighted by atomic mass is 10.3. The number of esters is 1. The molecule has 0 aliphatic carbocycles. The molecule has 96 valence electrons. The summed E-state index contributed by atoms with van der Waals surface area (Å²) in [6, 6.07) is 3.59. The zero-order chi connectivity index (χ0) is 12.8. The molecule has 0 bridgehead atoms. The predicted molar refractivity (Wildman–Crippen MR) is 66.1 cm³/mol. The number of aromatic nitrogens is 3. The molecule has 0 amide bonds. The highest BCUT2D eigenvalue weighted by molar-refractivity contribution is 5.87. The normalized spacial score (nSPS) is 10.5. The zero-order valence-electron chi connectivity index (χ0n) is 10.2. The van der Waals surface area contributed by atoms with Gasteiger partial charge in [-0.25, -0.2) is 9.78 Å².